The number of nitrogens with zero attached hydrogens (tertiary/aromatic N) is 4. The summed E-state index contributed by atoms with van der Waals surface area (Å²) in [5, 5.41) is 3.10. The lowest BCUT2D eigenvalue weighted by Gasteiger charge is -2.32. The lowest BCUT2D eigenvalue weighted by atomic mass is 9.96. The molecule has 0 unspecified atom stereocenters. The summed E-state index contributed by atoms with van der Waals surface area (Å²) >= 11 is 0. The summed E-state index contributed by atoms with van der Waals surface area (Å²) in [7, 11) is 0. The van der Waals surface area contributed by atoms with Crippen molar-refractivity contribution < 1.29 is 4.79 Å². The Morgan fingerprint density at radius 1 is 0.917 bits per heavy atom. The predicted molar refractivity (Wildman–Crippen MR) is 142 cm³/mol. The maximum absolute atomic E-state index is 13.5. The van der Waals surface area contributed by atoms with E-state index in [2.05, 4.69) is 27.4 Å². The molecule has 184 valence electrons. The number of benzene rings is 2. The van der Waals surface area contributed by atoms with E-state index in [0.717, 1.165) is 18.4 Å². The molecule has 4 aromatic rings. The van der Waals surface area contributed by atoms with E-state index in [4.69, 9.17) is 0 Å². The molecule has 7 heteroatoms. The number of carbonyl (C=O) groups is 1. The summed E-state index contributed by atoms with van der Waals surface area (Å²) in [6.07, 6.45) is 4.97. The molecule has 7 nitrogen and oxygen atoms in total. The van der Waals surface area contributed by atoms with E-state index in [1.54, 1.807) is 10.8 Å². The van der Waals surface area contributed by atoms with E-state index in [-0.39, 0.29) is 17.4 Å². The number of rotatable bonds is 8. The van der Waals surface area contributed by atoms with Gasteiger partial charge in [0.15, 0.2) is 11.5 Å². The molecule has 1 fully saturated rings. The lowest BCUT2D eigenvalue weighted by Crippen LogP contribution is -2.43. The van der Waals surface area contributed by atoms with Gasteiger partial charge in [-0.2, -0.15) is 0 Å². The number of hydrogen-bond donors (Lipinski definition) is 1. The Hall–Kier alpha value is -4.00. The van der Waals surface area contributed by atoms with Gasteiger partial charge >= 0.3 is 0 Å². The van der Waals surface area contributed by atoms with E-state index >= 15 is 0 Å². The van der Waals surface area contributed by atoms with Crippen molar-refractivity contribution in [3.63, 3.8) is 0 Å². The molecular formula is C29H31N5O2. The van der Waals surface area contributed by atoms with E-state index in [1.807, 2.05) is 65.6 Å². The summed E-state index contributed by atoms with van der Waals surface area (Å²) in [6, 6.07) is 24.0. The Kier molecular flexibility index (Phi) is 7.36. The van der Waals surface area contributed by atoms with Crippen LogP contribution in [0.15, 0.2) is 83.8 Å². The summed E-state index contributed by atoms with van der Waals surface area (Å²) in [4.78, 5) is 37.4. The third-order valence-corrected chi connectivity index (χ3v) is 6.82. The first-order chi connectivity index (χ1) is 17.7. The molecule has 0 saturated carbocycles. The van der Waals surface area contributed by atoms with Gasteiger partial charge in [0, 0.05) is 31.7 Å². The molecule has 2 aromatic heterocycles. The smallest absolute Gasteiger partial charge is 0.295 e. The molecule has 5 rings (SSSR count). The molecule has 3 heterocycles. The van der Waals surface area contributed by atoms with Gasteiger partial charge in [0.1, 0.15) is 5.52 Å². The van der Waals surface area contributed by atoms with Crippen LogP contribution in [-0.2, 0) is 17.8 Å². The van der Waals surface area contributed by atoms with Crippen molar-refractivity contribution in [2.75, 3.05) is 24.5 Å². The van der Waals surface area contributed by atoms with Crippen LogP contribution in [0.5, 0.6) is 0 Å². The van der Waals surface area contributed by atoms with Crippen molar-refractivity contribution in [1.29, 1.82) is 0 Å². The zero-order chi connectivity index (χ0) is 24.7. The highest BCUT2D eigenvalue weighted by Gasteiger charge is 2.27. The summed E-state index contributed by atoms with van der Waals surface area (Å²) in [6.45, 7) is 2.37. The number of aromatic nitrogens is 3. The molecule has 1 amide bonds. The minimum Gasteiger partial charge on any atom is -0.356 e. The number of piperidine rings is 1. The van der Waals surface area contributed by atoms with Crippen LogP contribution in [0.2, 0.25) is 0 Å². The van der Waals surface area contributed by atoms with E-state index in [9.17, 15) is 9.59 Å². The number of pyridine rings is 1. The largest absolute Gasteiger partial charge is 0.356 e. The molecule has 1 saturated heterocycles. The fourth-order valence-corrected chi connectivity index (χ4v) is 4.83. The molecule has 0 atom stereocenters. The van der Waals surface area contributed by atoms with Crippen LogP contribution in [0, 0.1) is 5.92 Å². The van der Waals surface area contributed by atoms with Crippen LogP contribution in [0.4, 0.5) is 5.82 Å². The van der Waals surface area contributed by atoms with Gasteiger partial charge in [-0.3, -0.25) is 14.2 Å². The van der Waals surface area contributed by atoms with E-state index in [1.165, 1.54) is 5.56 Å². The number of hydrogen-bond acceptors (Lipinski definition) is 5. The predicted octanol–water partition coefficient (Wildman–Crippen LogP) is 3.81. The Labute approximate surface area is 210 Å². The number of amides is 1. The number of aryl methyl sites for hydroxylation is 1. The van der Waals surface area contributed by atoms with Crippen LogP contribution in [0.25, 0.3) is 11.2 Å². The molecule has 1 aliphatic rings. The maximum Gasteiger partial charge on any atom is 0.295 e. The van der Waals surface area contributed by atoms with Crippen molar-refractivity contribution in [1.82, 2.24) is 19.9 Å². The zero-order valence-electron chi connectivity index (χ0n) is 20.3. The molecule has 2 aromatic carbocycles. The SMILES string of the molecule is O=C(NCCCc1ccccc1)C1CCN(c2nc3cccnc3n(Cc3ccccc3)c2=O)CC1. The maximum atomic E-state index is 13.5. The van der Waals surface area contributed by atoms with Gasteiger partial charge in [-0.1, -0.05) is 60.7 Å². The minimum absolute atomic E-state index is 0.0355. The van der Waals surface area contributed by atoms with Gasteiger partial charge in [0.25, 0.3) is 5.56 Å². The van der Waals surface area contributed by atoms with Gasteiger partial charge in [0.05, 0.1) is 6.54 Å². The van der Waals surface area contributed by atoms with Crippen LogP contribution in [-0.4, -0.2) is 40.1 Å². The molecule has 0 aliphatic carbocycles. The average molecular weight is 482 g/mol. The Morgan fingerprint density at radius 2 is 1.61 bits per heavy atom. The number of nitrogens with one attached hydrogen (secondary N) is 1. The van der Waals surface area contributed by atoms with Crippen LogP contribution in [0.3, 0.4) is 0 Å². The second kappa shape index (κ2) is 11.2. The number of anilines is 1. The third-order valence-electron chi connectivity index (χ3n) is 6.82. The van der Waals surface area contributed by atoms with Gasteiger partial charge in [0.2, 0.25) is 5.91 Å². The summed E-state index contributed by atoms with van der Waals surface area (Å²) < 4.78 is 1.71. The Balaban J connectivity index is 1.23. The number of fused-ring (bicyclic) bond motifs is 1. The van der Waals surface area contributed by atoms with Crippen LogP contribution >= 0.6 is 0 Å². The monoisotopic (exact) mass is 481 g/mol. The quantitative estimate of drug-likeness (QED) is 0.387. The molecular weight excluding hydrogens is 450 g/mol. The zero-order valence-corrected chi connectivity index (χ0v) is 20.3. The number of carbonyl (C=O) groups excluding carboxylic acids is 1. The average Bonchev–Trinajstić information content (AvgIpc) is 2.93. The molecule has 36 heavy (non-hydrogen) atoms. The summed E-state index contributed by atoms with van der Waals surface area (Å²) in [5.41, 5.74) is 3.46. The Morgan fingerprint density at radius 3 is 2.33 bits per heavy atom. The van der Waals surface area contributed by atoms with Crippen LogP contribution in [0.1, 0.15) is 30.4 Å². The minimum atomic E-state index is -0.145. The molecule has 1 aliphatic heterocycles. The highest BCUT2D eigenvalue weighted by Crippen LogP contribution is 2.22. The lowest BCUT2D eigenvalue weighted by molar-refractivity contribution is -0.125. The van der Waals surface area contributed by atoms with Crippen molar-refractivity contribution in [2.45, 2.75) is 32.2 Å². The molecule has 1 N–H and O–H groups in total. The first-order valence-corrected chi connectivity index (χ1v) is 12.6. The van der Waals surface area contributed by atoms with Gasteiger partial charge in [-0.15, -0.1) is 0 Å². The molecule has 0 spiro atoms. The van der Waals surface area contributed by atoms with Gasteiger partial charge < -0.3 is 10.2 Å². The first-order valence-electron chi connectivity index (χ1n) is 12.6. The fraction of sp³-hybridized carbons (Fsp3) is 0.310. The highest BCUT2D eigenvalue weighted by atomic mass is 16.2. The fourth-order valence-electron chi connectivity index (χ4n) is 4.83. The molecule has 0 radical (unpaired) electrons. The third kappa shape index (κ3) is 5.46. The van der Waals surface area contributed by atoms with Crippen LogP contribution < -0.4 is 15.8 Å². The topological polar surface area (TPSA) is 80.1 Å². The summed E-state index contributed by atoms with van der Waals surface area (Å²) in [5.74, 6) is 0.514. The van der Waals surface area contributed by atoms with Gasteiger partial charge in [-0.05, 0) is 48.9 Å². The Bertz CT molecular complexity index is 1360. The van der Waals surface area contributed by atoms with E-state index < -0.39 is 0 Å². The highest BCUT2D eigenvalue weighted by molar-refractivity contribution is 5.79. The van der Waals surface area contributed by atoms with Crippen molar-refractivity contribution in [2.24, 2.45) is 5.92 Å². The second-order valence-corrected chi connectivity index (χ2v) is 9.30. The van der Waals surface area contributed by atoms with Crippen molar-refractivity contribution in [3.8, 4) is 0 Å². The molecule has 0 bridgehead atoms. The standard InChI is InChI=1S/C29H31N5O2/c35-28(31-18-7-13-22-9-3-1-4-10-22)24-15-19-33(20-16-24)27-29(36)34(21-23-11-5-2-6-12-23)26-25(32-27)14-8-17-30-26/h1-6,8-12,14,17,24H,7,13,15-16,18-21H2,(H,31,35). The van der Waals surface area contributed by atoms with Crippen molar-refractivity contribution >= 4 is 22.9 Å². The normalized spacial score (nSPS) is 14.2. The second-order valence-electron chi connectivity index (χ2n) is 9.30. The first kappa shape index (κ1) is 23.7. The van der Waals surface area contributed by atoms with Crippen molar-refractivity contribution in [3.05, 3.63) is 100 Å². The van der Waals surface area contributed by atoms with E-state index in [0.29, 0.717) is 56.0 Å². The van der Waals surface area contributed by atoms with Gasteiger partial charge in [-0.25, -0.2) is 9.97 Å².